The van der Waals surface area contributed by atoms with Crippen LogP contribution in [0.1, 0.15) is 52.1 Å². The van der Waals surface area contributed by atoms with Crippen molar-refractivity contribution in [3.63, 3.8) is 0 Å². The summed E-state index contributed by atoms with van der Waals surface area (Å²) in [6, 6.07) is 18.0. The third-order valence-electron chi connectivity index (χ3n) is 7.38. The second kappa shape index (κ2) is 14.6. The van der Waals surface area contributed by atoms with Gasteiger partial charge in [0.2, 0.25) is 5.95 Å². The number of carbonyl (C=O) groups excluding carboxylic acids is 2. The van der Waals surface area contributed by atoms with Crippen molar-refractivity contribution in [3.8, 4) is 5.75 Å². The predicted octanol–water partition coefficient (Wildman–Crippen LogP) is 3.07. The average molecular weight is 631 g/mol. The molecular weight excluding hydrogens is 596 g/mol. The summed E-state index contributed by atoms with van der Waals surface area (Å²) >= 11 is 5.93. The molecule has 4 N–H and O–H groups in total. The maximum Gasteiger partial charge on any atom is 0.356 e. The highest BCUT2D eigenvalue weighted by atomic mass is 35.5. The second-order valence-electron chi connectivity index (χ2n) is 10.1. The van der Waals surface area contributed by atoms with E-state index in [4.69, 9.17) is 16.3 Å². The normalized spacial score (nSPS) is 18.4. The van der Waals surface area contributed by atoms with Gasteiger partial charge in [-0.2, -0.15) is 13.1 Å². The molecule has 0 bridgehead atoms. The first-order chi connectivity index (χ1) is 20.6. The van der Waals surface area contributed by atoms with E-state index < -0.39 is 16.2 Å². The van der Waals surface area contributed by atoms with Gasteiger partial charge in [0.05, 0.1) is 19.8 Å². The van der Waals surface area contributed by atoms with Crippen LogP contribution in [-0.2, 0) is 20.4 Å². The summed E-state index contributed by atoms with van der Waals surface area (Å²) in [5, 5.41) is 5.97. The Bertz CT molecular complexity index is 1520. The highest BCUT2D eigenvalue weighted by molar-refractivity contribution is 7.87. The molecule has 0 saturated heterocycles. The lowest BCUT2D eigenvalue weighted by Gasteiger charge is -2.41. The Morgan fingerprint density at radius 2 is 1.70 bits per heavy atom. The predicted molar refractivity (Wildman–Crippen MR) is 163 cm³/mol. The molecule has 43 heavy (non-hydrogen) atoms. The summed E-state index contributed by atoms with van der Waals surface area (Å²) in [4.78, 5) is 32.8. The number of benzene rings is 2. The zero-order valence-corrected chi connectivity index (χ0v) is 25.5. The summed E-state index contributed by atoms with van der Waals surface area (Å²) < 4.78 is 40.8. The van der Waals surface area contributed by atoms with Gasteiger partial charge in [0, 0.05) is 37.2 Å². The van der Waals surface area contributed by atoms with E-state index in [0.717, 1.165) is 5.56 Å². The summed E-state index contributed by atoms with van der Waals surface area (Å²) in [7, 11) is -1.05. The Morgan fingerprint density at radius 3 is 2.40 bits per heavy atom. The molecule has 0 atom stereocenters. The first-order valence-electron chi connectivity index (χ1n) is 13.7. The Kier molecular flexibility index (Phi) is 10.9. The Hall–Kier alpha value is -3.78. The fraction of sp³-hybridized carbons (Fsp3) is 0.379. The largest absolute Gasteiger partial charge is 0.496 e. The van der Waals surface area contributed by atoms with Gasteiger partial charge in [-0.25, -0.2) is 19.5 Å². The molecule has 0 radical (unpaired) electrons. The zero-order chi connectivity index (χ0) is 30.9. The van der Waals surface area contributed by atoms with Crippen LogP contribution in [0.2, 0.25) is 5.15 Å². The van der Waals surface area contributed by atoms with Gasteiger partial charge < -0.3 is 20.1 Å². The number of hydrogen-bond acceptors (Lipinski definition) is 9. The third kappa shape index (κ3) is 8.63. The molecular formula is C29H35ClN6O6S. The van der Waals surface area contributed by atoms with Crippen LogP contribution in [-0.4, -0.2) is 70.2 Å². The number of amides is 1. The summed E-state index contributed by atoms with van der Waals surface area (Å²) in [5.74, 6) is -0.319. The van der Waals surface area contributed by atoms with Crippen molar-refractivity contribution < 1.29 is 27.5 Å². The number of rotatable bonds is 13. The van der Waals surface area contributed by atoms with Gasteiger partial charge in [-0.3, -0.25) is 4.79 Å². The molecule has 3 aromatic rings. The smallest absolute Gasteiger partial charge is 0.356 e. The molecule has 1 fully saturated rings. The average Bonchev–Trinajstić information content (AvgIpc) is 3.02. The molecule has 12 nitrogen and oxygen atoms in total. The van der Waals surface area contributed by atoms with Crippen molar-refractivity contribution in [2.24, 2.45) is 0 Å². The molecule has 1 saturated carbocycles. The highest BCUT2D eigenvalue weighted by Gasteiger charge is 2.38. The minimum atomic E-state index is -3.81. The minimum Gasteiger partial charge on any atom is -0.496 e. The molecule has 0 unspecified atom stereocenters. The third-order valence-corrected chi connectivity index (χ3v) is 8.80. The van der Waals surface area contributed by atoms with Crippen LogP contribution in [0.15, 0.2) is 60.7 Å². The molecule has 230 valence electrons. The number of anilines is 1. The highest BCUT2D eigenvalue weighted by Crippen LogP contribution is 2.39. The molecule has 1 aliphatic rings. The number of aromatic nitrogens is 2. The van der Waals surface area contributed by atoms with E-state index >= 15 is 0 Å². The van der Waals surface area contributed by atoms with Gasteiger partial charge in [0.15, 0.2) is 5.69 Å². The number of nitrogens with zero attached hydrogens (tertiary/aromatic N) is 2. The molecule has 1 aromatic heterocycles. The van der Waals surface area contributed by atoms with Gasteiger partial charge >= 0.3 is 5.97 Å². The van der Waals surface area contributed by atoms with E-state index in [9.17, 15) is 18.0 Å². The van der Waals surface area contributed by atoms with Crippen LogP contribution in [0.3, 0.4) is 0 Å². The first-order valence-corrected chi connectivity index (χ1v) is 15.6. The van der Waals surface area contributed by atoms with Crippen LogP contribution >= 0.6 is 11.6 Å². The van der Waals surface area contributed by atoms with Crippen LogP contribution in [0.5, 0.6) is 5.75 Å². The fourth-order valence-electron chi connectivity index (χ4n) is 5.15. The fourth-order valence-corrected chi connectivity index (χ4v) is 6.46. The number of para-hydroxylation sites is 1. The molecule has 1 heterocycles. The maximum absolute atomic E-state index is 13.1. The molecule has 1 aliphatic carbocycles. The van der Waals surface area contributed by atoms with E-state index in [1.165, 1.54) is 20.3 Å². The SMILES string of the molecule is COC(=O)c1cc(Cl)nc(NCCNS(=O)(=O)NC2CCC(CNC(=O)c3ccccc3OC)(c3ccccc3)CC2)n1. The number of halogens is 1. The monoisotopic (exact) mass is 630 g/mol. The number of hydrogen-bond donors (Lipinski definition) is 4. The molecule has 4 rings (SSSR count). The van der Waals surface area contributed by atoms with E-state index in [0.29, 0.717) is 43.5 Å². The van der Waals surface area contributed by atoms with Crippen LogP contribution in [0.25, 0.3) is 0 Å². The molecule has 0 aliphatic heterocycles. The van der Waals surface area contributed by atoms with E-state index in [-0.39, 0.29) is 47.2 Å². The van der Waals surface area contributed by atoms with Gasteiger partial charge in [-0.05, 0) is 43.4 Å². The van der Waals surface area contributed by atoms with E-state index in [1.807, 2.05) is 36.4 Å². The number of ether oxygens (including phenoxy) is 2. The maximum atomic E-state index is 13.1. The van der Waals surface area contributed by atoms with Crippen LogP contribution in [0.4, 0.5) is 5.95 Å². The Balaban J connectivity index is 1.32. The molecule has 1 amide bonds. The van der Waals surface area contributed by atoms with Gasteiger partial charge in [-0.15, -0.1) is 0 Å². The lowest BCUT2D eigenvalue weighted by atomic mass is 9.68. The van der Waals surface area contributed by atoms with Crippen molar-refractivity contribution in [1.29, 1.82) is 0 Å². The number of carbonyl (C=O) groups is 2. The lowest BCUT2D eigenvalue weighted by Crippen LogP contribution is -2.49. The minimum absolute atomic E-state index is 0.0181. The lowest BCUT2D eigenvalue weighted by molar-refractivity contribution is 0.0593. The van der Waals surface area contributed by atoms with Crippen molar-refractivity contribution in [1.82, 2.24) is 24.7 Å². The molecule has 14 heteroatoms. The second-order valence-corrected chi connectivity index (χ2v) is 12.1. The van der Waals surface area contributed by atoms with Gasteiger partial charge in [-0.1, -0.05) is 54.1 Å². The Morgan fingerprint density at radius 1 is 1.00 bits per heavy atom. The van der Waals surface area contributed by atoms with Crippen molar-refractivity contribution >= 4 is 39.6 Å². The van der Waals surface area contributed by atoms with Crippen molar-refractivity contribution in [2.45, 2.75) is 37.1 Å². The zero-order valence-electron chi connectivity index (χ0n) is 23.9. The van der Waals surface area contributed by atoms with Gasteiger partial charge in [0.1, 0.15) is 10.9 Å². The molecule has 2 aromatic carbocycles. The van der Waals surface area contributed by atoms with Crippen LogP contribution in [0, 0.1) is 0 Å². The van der Waals surface area contributed by atoms with E-state index in [1.54, 1.807) is 18.2 Å². The summed E-state index contributed by atoms with van der Waals surface area (Å²) in [6.45, 7) is 0.588. The number of methoxy groups -OCH3 is 2. The standard InChI is InChI=1S/C29H35ClN6O6S/c1-41-24-11-7-6-10-22(24)26(37)32-19-29(20-8-4-3-5-9-20)14-12-21(13-15-29)36-43(39,40)33-17-16-31-28-34-23(27(38)42-2)18-25(30)35-28/h3-11,18,21,33,36H,12-17,19H2,1-2H3,(H,32,37)(H,31,34,35). The summed E-state index contributed by atoms with van der Waals surface area (Å²) in [5.41, 5.74) is 1.19. The van der Waals surface area contributed by atoms with E-state index in [2.05, 4.69) is 34.8 Å². The van der Waals surface area contributed by atoms with Crippen molar-refractivity contribution in [3.05, 3.63) is 82.6 Å². The quantitative estimate of drug-likeness (QED) is 0.126. The number of nitrogens with one attached hydrogen (secondary N) is 4. The molecule has 0 spiro atoms. The first kappa shape index (κ1) is 32.1. The number of esters is 1. The summed E-state index contributed by atoms with van der Waals surface area (Å²) in [6.07, 6.45) is 2.52. The van der Waals surface area contributed by atoms with Crippen molar-refractivity contribution in [2.75, 3.05) is 39.2 Å². The van der Waals surface area contributed by atoms with Crippen LogP contribution < -0.4 is 24.8 Å². The van der Waals surface area contributed by atoms with Gasteiger partial charge in [0.25, 0.3) is 16.1 Å². The topological polar surface area (TPSA) is 161 Å². The Labute approximate surface area is 256 Å².